The number of carboxylic acid groups (broad SMARTS) is 1. The molecular weight excluding hydrogens is 289 g/mol. The maximum Gasteiger partial charge on any atom is 0.335 e. The van der Waals surface area contributed by atoms with E-state index < -0.39 is 23.5 Å². The van der Waals surface area contributed by atoms with E-state index in [0.29, 0.717) is 0 Å². The molecule has 110 valence electrons. The van der Waals surface area contributed by atoms with E-state index in [1.54, 1.807) is 6.07 Å². The van der Waals surface area contributed by atoms with Gasteiger partial charge in [0.1, 0.15) is 5.82 Å². The van der Waals surface area contributed by atoms with Crippen molar-refractivity contribution in [3.63, 3.8) is 0 Å². The number of anilines is 1. The molecule has 2 aromatic carbocycles. The van der Waals surface area contributed by atoms with Crippen LogP contribution in [0.1, 0.15) is 26.3 Å². The lowest BCUT2D eigenvalue weighted by molar-refractivity contribution is -0.114. The van der Waals surface area contributed by atoms with Crippen molar-refractivity contribution in [2.24, 2.45) is 0 Å². The van der Waals surface area contributed by atoms with Crippen LogP contribution in [0.4, 0.5) is 10.1 Å². The smallest absolute Gasteiger partial charge is 0.335 e. The lowest BCUT2D eigenvalue weighted by Gasteiger charge is -2.17. The van der Waals surface area contributed by atoms with Crippen molar-refractivity contribution in [3.05, 3.63) is 65.0 Å². The summed E-state index contributed by atoms with van der Waals surface area (Å²) in [5.41, 5.74) is 0.529. The van der Waals surface area contributed by atoms with Crippen LogP contribution in [0.2, 0.25) is 0 Å². The SMILES string of the molecule is O=C(O)c1ccc2c(c1)N(Cc1ccccc1F)C(=O)C2=O. The standard InChI is InChI=1S/C16H10FNO4/c17-12-4-2-1-3-10(12)8-18-13-7-9(16(21)22)5-6-11(13)14(19)15(18)20/h1-7H,8H2,(H,21,22). The van der Waals surface area contributed by atoms with Gasteiger partial charge >= 0.3 is 5.97 Å². The second-order valence-corrected chi connectivity index (χ2v) is 4.85. The molecule has 0 bridgehead atoms. The van der Waals surface area contributed by atoms with Gasteiger partial charge in [-0.15, -0.1) is 0 Å². The number of ketones is 1. The molecular formula is C16H10FNO4. The monoisotopic (exact) mass is 299 g/mol. The highest BCUT2D eigenvalue weighted by Crippen LogP contribution is 2.31. The van der Waals surface area contributed by atoms with Crippen LogP contribution >= 0.6 is 0 Å². The van der Waals surface area contributed by atoms with Crippen LogP contribution in [-0.2, 0) is 11.3 Å². The third-order valence-corrected chi connectivity index (χ3v) is 3.51. The average Bonchev–Trinajstić information content (AvgIpc) is 2.74. The number of nitrogens with zero attached hydrogens (tertiary/aromatic N) is 1. The number of halogens is 1. The Kier molecular flexibility index (Phi) is 3.21. The van der Waals surface area contributed by atoms with Gasteiger partial charge in [-0.2, -0.15) is 0 Å². The largest absolute Gasteiger partial charge is 0.478 e. The molecule has 0 saturated carbocycles. The maximum absolute atomic E-state index is 13.7. The van der Waals surface area contributed by atoms with Gasteiger partial charge in [-0.3, -0.25) is 9.59 Å². The lowest BCUT2D eigenvalue weighted by atomic mass is 10.1. The van der Waals surface area contributed by atoms with Crippen molar-refractivity contribution in [2.45, 2.75) is 6.54 Å². The molecule has 0 saturated heterocycles. The zero-order valence-corrected chi connectivity index (χ0v) is 11.2. The van der Waals surface area contributed by atoms with Crippen LogP contribution in [0.25, 0.3) is 0 Å². The number of fused-ring (bicyclic) bond motifs is 1. The van der Waals surface area contributed by atoms with Crippen LogP contribution in [0, 0.1) is 5.82 Å². The number of rotatable bonds is 3. The molecule has 22 heavy (non-hydrogen) atoms. The summed E-state index contributed by atoms with van der Waals surface area (Å²) in [7, 11) is 0. The molecule has 6 heteroatoms. The van der Waals surface area contributed by atoms with E-state index in [1.165, 1.54) is 36.4 Å². The molecule has 1 aliphatic rings. The van der Waals surface area contributed by atoms with Crippen molar-refractivity contribution in [2.75, 3.05) is 4.90 Å². The van der Waals surface area contributed by atoms with E-state index in [-0.39, 0.29) is 28.9 Å². The fraction of sp³-hybridized carbons (Fsp3) is 0.0625. The van der Waals surface area contributed by atoms with Crippen molar-refractivity contribution in [1.82, 2.24) is 0 Å². The molecule has 0 aromatic heterocycles. The highest BCUT2D eigenvalue weighted by molar-refractivity contribution is 6.52. The van der Waals surface area contributed by atoms with Gasteiger partial charge in [0.15, 0.2) is 0 Å². The van der Waals surface area contributed by atoms with Crippen molar-refractivity contribution in [1.29, 1.82) is 0 Å². The quantitative estimate of drug-likeness (QED) is 0.882. The predicted molar refractivity (Wildman–Crippen MR) is 75.3 cm³/mol. The minimum absolute atomic E-state index is 0.0419. The van der Waals surface area contributed by atoms with Gasteiger partial charge < -0.3 is 10.0 Å². The van der Waals surface area contributed by atoms with E-state index in [2.05, 4.69) is 0 Å². The third kappa shape index (κ3) is 2.14. The molecule has 2 aromatic rings. The van der Waals surface area contributed by atoms with Gasteiger partial charge in [0.2, 0.25) is 0 Å². The first-order chi connectivity index (χ1) is 10.5. The van der Waals surface area contributed by atoms with Crippen LogP contribution in [0.5, 0.6) is 0 Å². The van der Waals surface area contributed by atoms with Gasteiger partial charge in [0.25, 0.3) is 11.7 Å². The second-order valence-electron chi connectivity index (χ2n) is 4.85. The van der Waals surface area contributed by atoms with Crippen molar-refractivity contribution >= 4 is 23.3 Å². The zero-order chi connectivity index (χ0) is 15.9. The minimum Gasteiger partial charge on any atom is -0.478 e. The average molecular weight is 299 g/mol. The Morgan fingerprint density at radius 2 is 1.86 bits per heavy atom. The number of hydrogen-bond acceptors (Lipinski definition) is 3. The fourth-order valence-corrected chi connectivity index (χ4v) is 2.38. The molecule has 0 unspecified atom stereocenters. The molecule has 1 amide bonds. The van der Waals surface area contributed by atoms with Crippen LogP contribution in [0.15, 0.2) is 42.5 Å². The number of carbonyl (C=O) groups is 3. The van der Waals surface area contributed by atoms with E-state index in [9.17, 15) is 18.8 Å². The Morgan fingerprint density at radius 3 is 2.55 bits per heavy atom. The normalized spacial score (nSPS) is 13.4. The Hall–Kier alpha value is -3.02. The molecule has 1 N–H and O–H groups in total. The van der Waals surface area contributed by atoms with Gasteiger partial charge in [-0.1, -0.05) is 18.2 Å². The maximum atomic E-state index is 13.7. The fourth-order valence-electron chi connectivity index (χ4n) is 2.38. The Labute approximate surface area is 124 Å². The summed E-state index contributed by atoms with van der Waals surface area (Å²) < 4.78 is 13.7. The molecule has 0 aliphatic carbocycles. The summed E-state index contributed by atoms with van der Waals surface area (Å²) in [6.07, 6.45) is 0. The summed E-state index contributed by atoms with van der Waals surface area (Å²) in [5.74, 6) is -3.17. The minimum atomic E-state index is -1.17. The predicted octanol–water partition coefficient (Wildman–Crippen LogP) is 2.25. The molecule has 1 heterocycles. The summed E-state index contributed by atoms with van der Waals surface area (Å²) in [5, 5.41) is 9.02. The molecule has 1 aliphatic heterocycles. The zero-order valence-electron chi connectivity index (χ0n) is 11.2. The van der Waals surface area contributed by atoms with Gasteiger partial charge in [0, 0.05) is 5.56 Å². The summed E-state index contributed by atoms with van der Waals surface area (Å²) in [6.45, 7) is -0.132. The first-order valence-electron chi connectivity index (χ1n) is 6.46. The van der Waals surface area contributed by atoms with E-state index in [0.717, 1.165) is 4.90 Å². The van der Waals surface area contributed by atoms with Gasteiger partial charge in [-0.05, 0) is 24.3 Å². The topological polar surface area (TPSA) is 74.7 Å². The number of hydrogen-bond donors (Lipinski definition) is 1. The number of aromatic carboxylic acids is 1. The molecule has 5 nitrogen and oxygen atoms in total. The van der Waals surface area contributed by atoms with Gasteiger partial charge in [-0.25, -0.2) is 9.18 Å². The molecule has 3 rings (SSSR count). The Bertz CT molecular complexity index is 816. The molecule has 0 radical (unpaired) electrons. The Morgan fingerprint density at radius 1 is 1.14 bits per heavy atom. The molecule has 0 atom stereocenters. The number of Topliss-reactive ketones (excluding diaryl/α,β-unsaturated/α-hetero) is 1. The highest BCUT2D eigenvalue weighted by atomic mass is 19.1. The van der Waals surface area contributed by atoms with E-state index in [4.69, 9.17) is 5.11 Å². The highest BCUT2D eigenvalue weighted by Gasteiger charge is 2.36. The van der Waals surface area contributed by atoms with Crippen LogP contribution < -0.4 is 4.90 Å². The molecule has 0 spiro atoms. The first kappa shape index (κ1) is 13.9. The van der Waals surface area contributed by atoms with Crippen LogP contribution in [0.3, 0.4) is 0 Å². The van der Waals surface area contributed by atoms with Crippen LogP contribution in [-0.4, -0.2) is 22.8 Å². The third-order valence-electron chi connectivity index (χ3n) is 3.51. The van der Waals surface area contributed by atoms with E-state index >= 15 is 0 Å². The lowest BCUT2D eigenvalue weighted by Crippen LogP contribution is -2.29. The first-order valence-corrected chi connectivity index (χ1v) is 6.46. The number of amides is 1. The summed E-state index contributed by atoms with van der Waals surface area (Å²) in [6, 6.07) is 9.72. The summed E-state index contributed by atoms with van der Waals surface area (Å²) >= 11 is 0. The number of carboxylic acids is 1. The van der Waals surface area contributed by atoms with E-state index in [1.807, 2.05) is 0 Å². The number of benzene rings is 2. The second kappa shape index (κ2) is 5.07. The molecule has 0 fully saturated rings. The van der Waals surface area contributed by atoms with Crippen molar-refractivity contribution < 1.29 is 23.9 Å². The summed E-state index contributed by atoms with van der Waals surface area (Å²) in [4.78, 5) is 36.1. The van der Waals surface area contributed by atoms with Gasteiger partial charge in [0.05, 0.1) is 23.4 Å². The number of carbonyl (C=O) groups excluding carboxylic acids is 2. The Balaban J connectivity index is 2.05. The van der Waals surface area contributed by atoms with Crippen molar-refractivity contribution in [3.8, 4) is 0 Å².